The highest BCUT2D eigenvalue weighted by Gasteiger charge is 2.28. The lowest BCUT2D eigenvalue weighted by Gasteiger charge is -2.30. The molecule has 1 aliphatic rings. The van der Waals surface area contributed by atoms with Gasteiger partial charge in [0, 0.05) is 25.8 Å². The second-order valence-electron chi connectivity index (χ2n) is 4.92. The number of imidazole rings is 1. The van der Waals surface area contributed by atoms with E-state index in [2.05, 4.69) is 4.98 Å². The third-order valence-electron chi connectivity index (χ3n) is 3.66. The van der Waals surface area contributed by atoms with Crippen LogP contribution in [0.5, 0.6) is 0 Å². The van der Waals surface area contributed by atoms with Crippen LogP contribution in [0.25, 0.3) is 0 Å². The predicted octanol–water partition coefficient (Wildman–Crippen LogP) is 1.47. The maximum atomic E-state index is 11.1. The molecule has 20 heavy (non-hydrogen) atoms. The molecule has 0 atom stereocenters. The van der Waals surface area contributed by atoms with Crippen molar-refractivity contribution in [3.05, 3.63) is 45.8 Å². The lowest BCUT2D eigenvalue weighted by atomic mass is 9.98. The summed E-state index contributed by atoms with van der Waals surface area (Å²) < 4.78 is 1.69. The van der Waals surface area contributed by atoms with E-state index in [4.69, 9.17) is 5.73 Å². The van der Waals surface area contributed by atoms with Gasteiger partial charge < -0.3 is 20.7 Å². The minimum atomic E-state index is -0.440. The molecule has 104 valence electrons. The summed E-state index contributed by atoms with van der Waals surface area (Å²) in [5, 5.41) is 11.1. The zero-order valence-corrected chi connectivity index (χ0v) is 11.1. The third-order valence-corrected chi connectivity index (χ3v) is 3.66. The smallest absolute Gasteiger partial charge is 0.398 e. The van der Waals surface area contributed by atoms with Crippen LogP contribution in [0.2, 0.25) is 0 Å². The molecule has 3 rings (SSSR count). The topological polar surface area (TPSA) is 90.2 Å². The largest absolute Gasteiger partial charge is 0.406 e. The van der Waals surface area contributed by atoms with E-state index in [0.717, 1.165) is 23.2 Å². The number of nitrogens with two attached hydrogens (primary N) is 1. The Kier molecular flexibility index (Phi) is 2.81. The second-order valence-corrected chi connectivity index (χ2v) is 4.92. The van der Waals surface area contributed by atoms with Crippen LogP contribution in [0.4, 0.5) is 17.3 Å². The fourth-order valence-corrected chi connectivity index (χ4v) is 2.72. The van der Waals surface area contributed by atoms with Gasteiger partial charge in [0.25, 0.3) is 0 Å². The standard InChI is InChI=1S/C13H15N5O2/c1-16-8-15-12(18(19)20)13(16)17-6-5-10-9(7-17)3-2-4-11(10)14/h2-4,8H,5-7,14H2,1H3. The summed E-state index contributed by atoms with van der Waals surface area (Å²) in [5.74, 6) is 0.447. The summed E-state index contributed by atoms with van der Waals surface area (Å²) in [4.78, 5) is 16.5. The molecule has 0 aliphatic carbocycles. The van der Waals surface area contributed by atoms with E-state index in [9.17, 15) is 10.1 Å². The molecule has 2 heterocycles. The first-order valence-electron chi connectivity index (χ1n) is 6.35. The van der Waals surface area contributed by atoms with Crippen molar-refractivity contribution in [2.45, 2.75) is 13.0 Å². The second kappa shape index (κ2) is 4.52. The number of nitrogen functional groups attached to an aromatic ring is 1. The number of nitro groups is 1. The fourth-order valence-electron chi connectivity index (χ4n) is 2.72. The Morgan fingerprint density at radius 1 is 1.45 bits per heavy atom. The first kappa shape index (κ1) is 12.5. The van der Waals surface area contributed by atoms with E-state index in [1.54, 1.807) is 11.6 Å². The summed E-state index contributed by atoms with van der Waals surface area (Å²) in [5.41, 5.74) is 9.03. The molecule has 0 bridgehead atoms. The van der Waals surface area contributed by atoms with Crippen molar-refractivity contribution >= 4 is 17.3 Å². The zero-order valence-electron chi connectivity index (χ0n) is 11.1. The molecule has 0 spiro atoms. The number of aromatic nitrogens is 2. The normalized spacial score (nSPS) is 14.2. The van der Waals surface area contributed by atoms with Crippen LogP contribution in [-0.4, -0.2) is 21.0 Å². The van der Waals surface area contributed by atoms with E-state index < -0.39 is 4.92 Å². The van der Waals surface area contributed by atoms with Crippen molar-refractivity contribution < 1.29 is 4.92 Å². The van der Waals surface area contributed by atoms with Gasteiger partial charge in [-0.05, 0) is 33.5 Å². The van der Waals surface area contributed by atoms with E-state index in [-0.39, 0.29) is 5.82 Å². The monoisotopic (exact) mass is 273 g/mol. The van der Waals surface area contributed by atoms with E-state index in [0.29, 0.717) is 18.9 Å². The van der Waals surface area contributed by atoms with Gasteiger partial charge in [-0.25, -0.2) is 0 Å². The summed E-state index contributed by atoms with van der Waals surface area (Å²) in [6.07, 6.45) is 2.26. The van der Waals surface area contributed by atoms with Gasteiger partial charge in [0.1, 0.15) is 0 Å². The van der Waals surface area contributed by atoms with Gasteiger partial charge in [-0.15, -0.1) is 0 Å². The molecule has 0 saturated carbocycles. The van der Waals surface area contributed by atoms with Crippen LogP contribution in [0.3, 0.4) is 0 Å². The number of nitrogens with zero attached hydrogens (tertiary/aromatic N) is 4. The van der Waals surface area contributed by atoms with Gasteiger partial charge in [0.15, 0.2) is 0 Å². The molecule has 7 heteroatoms. The first-order chi connectivity index (χ1) is 9.58. The van der Waals surface area contributed by atoms with E-state index in [1.165, 1.54) is 6.33 Å². The average Bonchev–Trinajstić information content (AvgIpc) is 2.81. The summed E-state index contributed by atoms with van der Waals surface area (Å²) >= 11 is 0. The summed E-state index contributed by atoms with van der Waals surface area (Å²) in [7, 11) is 1.77. The molecule has 2 aromatic rings. The molecular weight excluding hydrogens is 258 g/mol. The molecule has 0 amide bonds. The highest BCUT2D eigenvalue weighted by atomic mass is 16.6. The average molecular weight is 273 g/mol. The van der Waals surface area contributed by atoms with Crippen LogP contribution in [0, 0.1) is 10.1 Å². The maximum absolute atomic E-state index is 11.1. The van der Waals surface area contributed by atoms with Gasteiger partial charge in [-0.1, -0.05) is 12.1 Å². The fraction of sp³-hybridized carbons (Fsp3) is 0.308. The van der Waals surface area contributed by atoms with Crippen LogP contribution >= 0.6 is 0 Å². The lowest BCUT2D eigenvalue weighted by Crippen LogP contribution is -2.32. The van der Waals surface area contributed by atoms with Gasteiger partial charge in [0.05, 0.1) is 0 Å². The van der Waals surface area contributed by atoms with Gasteiger partial charge >= 0.3 is 5.82 Å². The van der Waals surface area contributed by atoms with E-state index in [1.807, 2.05) is 23.1 Å². The Morgan fingerprint density at radius 3 is 3.00 bits per heavy atom. The van der Waals surface area contributed by atoms with Crippen molar-refractivity contribution in [3.63, 3.8) is 0 Å². The minimum Gasteiger partial charge on any atom is -0.398 e. The van der Waals surface area contributed by atoms with Crippen molar-refractivity contribution in [2.75, 3.05) is 17.2 Å². The molecule has 0 fully saturated rings. The van der Waals surface area contributed by atoms with Crippen LogP contribution < -0.4 is 10.6 Å². The Labute approximate surface area is 115 Å². The van der Waals surface area contributed by atoms with Gasteiger partial charge in [-0.2, -0.15) is 0 Å². The summed E-state index contributed by atoms with van der Waals surface area (Å²) in [6.45, 7) is 1.31. The van der Waals surface area contributed by atoms with Crippen molar-refractivity contribution in [3.8, 4) is 0 Å². The first-order valence-corrected chi connectivity index (χ1v) is 6.35. The van der Waals surface area contributed by atoms with Crippen molar-refractivity contribution in [1.29, 1.82) is 0 Å². The molecule has 1 aromatic heterocycles. The molecule has 7 nitrogen and oxygen atoms in total. The highest BCUT2D eigenvalue weighted by molar-refractivity contribution is 5.59. The molecule has 0 unspecified atom stereocenters. The Bertz CT molecular complexity index is 679. The number of rotatable bonds is 2. The van der Waals surface area contributed by atoms with Gasteiger partial charge in [0.2, 0.25) is 12.1 Å². The SMILES string of the molecule is Cn1cnc([N+](=O)[O-])c1N1CCc2c(N)cccc2C1. The third kappa shape index (κ3) is 1.87. The van der Waals surface area contributed by atoms with Crippen molar-refractivity contribution in [1.82, 2.24) is 9.55 Å². The molecule has 1 aromatic carbocycles. The maximum Gasteiger partial charge on any atom is 0.406 e. The molecular formula is C13H15N5O2. The lowest BCUT2D eigenvalue weighted by molar-refractivity contribution is -0.388. The number of benzene rings is 1. The molecule has 0 saturated heterocycles. The number of anilines is 2. The zero-order chi connectivity index (χ0) is 14.3. The quantitative estimate of drug-likeness (QED) is 0.508. The minimum absolute atomic E-state index is 0.0974. The van der Waals surface area contributed by atoms with Crippen LogP contribution in [0.15, 0.2) is 24.5 Å². The number of hydrogen-bond acceptors (Lipinski definition) is 5. The number of fused-ring (bicyclic) bond motifs is 1. The molecule has 2 N–H and O–H groups in total. The number of aryl methyl sites for hydroxylation is 1. The molecule has 0 radical (unpaired) electrons. The Balaban J connectivity index is 1.99. The Hall–Kier alpha value is -2.57. The van der Waals surface area contributed by atoms with Gasteiger partial charge in [-0.3, -0.25) is 4.57 Å². The highest BCUT2D eigenvalue weighted by Crippen LogP contribution is 2.32. The van der Waals surface area contributed by atoms with Crippen LogP contribution in [-0.2, 0) is 20.0 Å². The van der Waals surface area contributed by atoms with Crippen LogP contribution in [0.1, 0.15) is 11.1 Å². The number of hydrogen-bond donors (Lipinski definition) is 1. The predicted molar refractivity (Wildman–Crippen MR) is 75.5 cm³/mol. The summed E-state index contributed by atoms with van der Waals surface area (Å²) in [6, 6.07) is 5.82. The Morgan fingerprint density at radius 2 is 2.25 bits per heavy atom. The van der Waals surface area contributed by atoms with E-state index >= 15 is 0 Å². The molecule has 1 aliphatic heterocycles. The van der Waals surface area contributed by atoms with Crippen molar-refractivity contribution in [2.24, 2.45) is 7.05 Å².